The van der Waals surface area contributed by atoms with E-state index in [1.54, 1.807) is 0 Å². The maximum atomic E-state index is 12.0. The van der Waals surface area contributed by atoms with Crippen LogP contribution >= 0.6 is 12.6 Å². The molecule has 1 aromatic rings. The van der Waals surface area contributed by atoms with Gasteiger partial charge in [0, 0.05) is 11.8 Å². The Morgan fingerprint density at radius 1 is 1.32 bits per heavy atom. The minimum absolute atomic E-state index is 0.0428. The molecule has 0 saturated carbocycles. The SMILES string of the molecule is NCCC[C@@H](CS)NC(=O)[C@@H](N)Cc1ccccc1. The van der Waals surface area contributed by atoms with Crippen LogP contribution in [0.25, 0.3) is 0 Å². The maximum Gasteiger partial charge on any atom is 0.237 e. The number of nitrogens with two attached hydrogens (primary N) is 2. The lowest BCUT2D eigenvalue weighted by molar-refractivity contribution is -0.122. The number of hydrogen-bond acceptors (Lipinski definition) is 4. The van der Waals surface area contributed by atoms with E-state index in [-0.39, 0.29) is 11.9 Å². The van der Waals surface area contributed by atoms with Crippen molar-refractivity contribution in [1.29, 1.82) is 0 Å². The second-order valence-corrected chi connectivity index (χ2v) is 4.98. The zero-order chi connectivity index (χ0) is 14.1. The summed E-state index contributed by atoms with van der Waals surface area (Å²) < 4.78 is 0. The first-order valence-corrected chi connectivity index (χ1v) is 7.21. The van der Waals surface area contributed by atoms with Gasteiger partial charge >= 0.3 is 0 Å². The zero-order valence-corrected chi connectivity index (χ0v) is 12.0. The van der Waals surface area contributed by atoms with Gasteiger partial charge in [-0.3, -0.25) is 4.79 Å². The molecule has 1 aromatic carbocycles. The van der Waals surface area contributed by atoms with Crippen molar-refractivity contribution in [2.45, 2.75) is 31.3 Å². The van der Waals surface area contributed by atoms with Crippen LogP contribution in [0.15, 0.2) is 30.3 Å². The molecule has 0 radical (unpaired) electrons. The Hall–Kier alpha value is -1.04. The molecule has 1 amide bonds. The fraction of sp³-hybridized carbons (Fsp3) is 0.500. The normalized spacial score (nSPS) is 13.8. The van der Waals surface area contributed by atoms with Gasteiger partial charge in [-0.25, -0.2) is 0 Å². The lowest BCUT2D eigenvalue weighted by Crippen LogP contribution is -2.47. The molecule has 0 aliphatic heterocycles. The van der Waals surface area contributed by atoms with Crippen LogP contribution in [0.4, 0.5) is 0 Å². The van der Waals surface area contributed by atoms with Gasteiger partial charge in [-0.2, -0.15) is 12.6 Å². The van der Waals surface area contributed by atoms with E-state index in [1.165, 1.54) is 0 Å². The topological polar surface area (TPSA) is 81.1 Å². The van der Waals surface area contributed by atoms with E-state index in [0.29, 0.717) is 18.7 Å². The minimum Gasteiger partial charge on any atom is -0.351 e. The molecular formula is C14H23N3OS. The number of benzene rings is 1. The van der Waals surface area contributed by atoms with Crippen molar-refractivity contribution in [2.24, 2.45) is 11.5 Å². The predicted octanol–water partition coefficient (Wildman–Crippen LogP) is 0.710. The number of nitrogens with one attached hydrogen (secondary N) is 1. The molecule has 5 heteroatoms. The molecule has 0 spiro atoms. The third-order valence-corrected chi connectivity index (χ3v) is 3.40. The molecule has 19 heavy (non-hydrogen) atoms. The molecule has 1 rings (SSSR count). The Kier molecular flexibility index (Phi) is 7.55. The van der Waals surface area contributed by atoms with E-state index < -0.39 is 6.04 Å². The van der Waals surface area contributed by atoms with Gasteiger partial charge < -0.3 is 16.8 Å². The van der Waals surface area contributed by atoms with Crippen LogP contribution in [0.5, 0.6) is 0 Å². The van der Waals surface area contributed by atoms with Crippen LogP contribution in [-0.4, -0.2) is 30.3 Å². The molecule has 2 atom stereocenters. The fourth-order valence-corrected chi connectivity index (χ4v) is 2.12. The Morgan fingerprint density at radius 3 is 2.58 bits per heavy atom. The van der Waals surface area contributed by atoms with Crippen LogP contribution < -0.4 is 16.8 Å². The molecule has 0 aliphatic rings. The number of carbonyl (C=O) groups is 1. The first-order valence-electron chi connectivity index (χ1n) is 6.58. The van der Waals surface area contributed by atoms with Crippen molar-refractivity contribution >= 4 is 18.5 Å². The standard InChI is InChI=1S/C14H23N3OS/c15-8-4-7-12(10-19)17-14(18)13(16)9-11-5-2-1-3-6-11/h1-3,5-6,12-13,19H,4,7-10,15-16H2,(H,17,18)/t12-,13-/m0/s1. The van der Waals surface area contributed by atoms with Crippen molar-refractivity contribution in [3.05, 3.63) is 35.9 Å². The first kappa shape index (κ1) is 16.0. The summed E-state index contributed by atoms with van der Waals surface area (Å²) in [6.07, 6.45) is 2.26. The van der Waals surface area contributed by atoms with Gasteiger partial charge in [-0.1, -0.05) is 30.3 Å². The molecule has 0 saturated heterocycles. The van der Waals surface area contributed by atoms with Crippen LogP contribution in [0.2, 0.25) is 0 Å². The summed E-state index contributed by atoms with van der Waals surface area (Å²) in [5.41, 5.74) is 12.4. The van der Waals surface area contributed by atoms with E-state index in [0.717, 1.165) is 18.4 Å². The van der Waals surface area contributed by atoms with Crippen molar-refractivity contribution in [3.63, 3.8) is 0 Å². The summed E-state index contributed by atoms with van der Waals surface area (Å²) in [4.78, 5) is 12.0. The molecule has 0 fully saturated rings. The number of amides is 1. The van der Waals surface area contributed by atoms with Gasteiger partial charge in [0.25, 0.3) is 0 Å². The first-order chi connectivity index (χ1) is 9.17. The highest BCUT2D eigenvalue weighted by Crippen LogP contribution is 2.04. The molecule has 0 heterocycles. The Morgan fingerprint density at radius 2 is 2.00 bits per heavy atom. The molecule has 0 aromatic heterocycles. The summed E-state index contributed by atoms with van der Waals surface area (Å²) >= 11 is 4.23. The van der Waals surface area contributed by atoms with E-state index in [4.69, 9.17) is 11.5 Å². The summed E-state index contributed by atoms with van der Waals surface area (Å²) in [7, 11) is 0. The van der Waals surface area contributed by atoms with E-state index in [2.05, 4.69) is 17.9 Å². The van der Waals surface area contributed by atoms with Gasteiger partial charge in [-0.05, 0) is 31.4 Å². The second-order valence-electron chi connectivity index (χ2n) is 4.62. The lowest BCUT2D eigenvalue weighted by atomic mass is 10.1. The average Bonchev–Trinajstić information content (AvgIpc) is 2.44. The third kappa shape index (κ3) is 6.09. The average molecular weight is 281 g/mol. The summed E-state index contributed by atoms with van der Waals surface area (Å²) in [6, 6.07) is 9.28. The van der Waals surface area contributed by atoms with Gasteiger partial charge in [0.2, 0.25) is 5.91 Å². The molecule has 106 valence electrons. The fourth-order valence-electron chi connectivity index (χ4n) is 1.84. The molecule has 4 nitrogen and oxygen atoms in total. The number of thiol groups is 1. The van der Waals surface area contributed by atoms with E-state index in [1.807, 2.05) is 30.3 Å². The van der Waals surface area contributed by atoms with Gasteiger partial charge in [0.1, 0.15) is 0 Å². The third-order valence-electron chi connectivity index (χ3n) is 2.96. The van der Waals surface area contributed by atoms with Crippen LogP contribution in [0, 0.1) is 0 Å². The van der Waals surface area contributed by atoms with Crippen LogP contribution in [0.1, 0.15) is 18.4 Å². The maximum absolute atomic E-state index is 12.0. The van der Waals surface area contributed by atoms with Crippen molar-refractivity contribution < 1.29 is 4.79 Å². The number of hydrogen-bond donors (Lipinski definition) is 4. The number of rotatable bonds is 8. The summed E-state index contributed by atoms with van der Waals surface area (Å²) in [5.74, 6) is 0.476. The molecular weight excluding hydrogens is 258 g/mol. The van der Waals surface area contributed by atoms with E-state index >= 15 is 0 Å². The van der Waals surface area contributed by atoms with E-state index in [9.17, 15) is 4.79 Å². The highest BCUT2D eigenvalue weighted by atomic mass is 32.1. The zero-order valence-electron chi connectivity index (χ0n) is 11.1. The molecule has 0 bridgehead atoms. The highest BCUT2D eigenvalue weighted by molar-refractivity contribution is 7.80. The Balaban J connectivity index is 2.43. The highest BCUT2D eigenvalue weighted by Gasteiger charge is 2.17. The largest absolute Gasteiger partial charge is 0.351 e. The van der Waals surface area contributed by atoms with Gasteiger partial charge in [0.15, 0.2) is 0 Å². The quantitative estimate of drug-likeness (QED) is 0.530. The second kappa shape index (κ2) is 8.96. The Bertz CT molecular complexity index is 372. The van der Waals surface area contributed by atoms with Crippen molar-refractivity contribution in [1.82, 2.24) is 5.32 Å². The summed E-state index contributed by atoms with van der Waals surface area (Å²) in [5, 5.41) is 2.93. The monoisotopic (exact) mass is 281 g/mol. The molecule has 0 aliphatic carbocycles. The molecule has 0 unspecified atom stereocenters. The van der Waals surface area contributed by atoms with Gasteiger partial charge in [-0.15, -0.1) is 0 Å². The van der Waals surface area contributed by atoms with Crippen molar-refractivity contribution in [3.8, 4) is 0 Å². The van der Waals surface area contributed by atoms with Crippen LogP contribution in [-0.2, 0) is 11.2 Å². The summed E-state index contributed by atoms with van der Waals surface area (Å²) in [6.45, 7) is 0.621. The van der Waals surface area contributed by atoms with Crippen LogP contribution in [0.3, 0.4) is 0 Å². The molecule has 5 N–H and O–H groups in total. The number of carbonyl (C=O) groups excluding carboxylic acids is 1. The van der Waals surface area contributed by atoms with Gasteiger partial charge in [0.05, 0.1) is 6.04 Å². The smallest absolute Gasteiger partial charge is 0.237 e. The predicted molar refractivity (Wildman–Crippen MR) is 82.2 cm³/mol. The minimum atomic E-state index is -0.525. The Labute approximate surface area is 120 Å². The van der Waals surface area contributed by atoms with Crippen molar-refractivity contribution in [2.75, 3.05) is 12.3 Å². The lowest BCUT2D eigenvalue weighted by Gasteiger charge is -2.19.